The van der Waals surface area contributed by atoms with E-state index in [1.807, 2.05) is 0 Å². The monoisotopic (exact) mass is 186 g/mol. The molecule has 0 aromatic rings. The molecule has 78 valence electrons. The van der Waals surface area contributed by atoms with E-state index < -0.39 is 0 Å². The van der Waals surface area contributed by atoms with Crippen LogP contribution in [0.15, 0.2) is 0 Å². The summed E-state index contributed by atoms with van der Waals surface area (Å²) in [4.78, 5) is 2.36. The van der Waals surface area contributed by atoms with E-state index in [-0.39, 0.29) is 0 Å². The van der Waals surface area contributed by atoms with E-state index >= 15 is 0 Å². The Labute approximate surface area is 81.4 Å². The first kappa shape index (κ1) is 11.0. The van der Waals surface area contributed by atoms with Crippen LogP contribution >= 0.6 is 0 Å². The highest BCUT2D eigenvalue weighted by Gasteiger charge is 2.14. The highest BCUT2D eigenvalue weighted by atomic mass is 16.5. The summed E-state index contributed by atoms with van der Waals surface area (Å²) in [7, 11) is 2.17. The molecule has 13 heavy (non-hydrogen) atoms. The molecule has 1 fully saturated rings. The van der Waals surface area contributed by atoms with E-state index in [0.29, 0.717) is 12.1 Å². The Bertz CT molecular complexity index is 133. The van der Waals surface area contributed by atoms with E-state index in [4.69, 9.17) is 4.74 Å². The lowest BCUT2D eigenvalue weighted by Gasteiger charge is -2.27. The molecule has 0 aliphatic carbocycles. The number of rotatable bonds is 4. The second-order valence-corrected chi connectivity index (χ2v) is 4.06. The van der Waals surface area contributed by atoms with Crippen molar-refractivity contribution in [1.82, 2.24) is 10.2 Å². The zero-order valence-corrected chi connectivity index (χ0v) is 9.05. The predicted molar refractivity (Wildman–Crippen MR) is 55.0 cm³/mol. The van der Waals surface area contributed by atoms with Crippen LogP contribution in [0.3, 0.4) is 0 Å². The van der Waals surface area contributed by atoms with Gasteiger partial charge < -0.3 is 15.0 Å². The molecule has 1 saturated heterocycles. The Balaban J connectivity index is 2.10. The molecule has 0 aromatic carbocycles. The van der Waals surface area contributed by atoms with Crippen LogP contribution in [0.25, 0.3) is 0 Å². The fourth-order valence-electron chi connectivity index (χ4n) is 1.41. The van der Waals surface area contributed by atoms with Crippen molar-refractivity contribution in [2.24, 2.45) is 0 Å². The first-order valence-electron chi connectivity index (χ1n) is 5.22. The third kappa shape index (κ3) is 4.07. The maximum atomic E-state index is 5.62. The fourth-order valence-corrected chi connectivity index (χ4v) is 1.41. The van der Waals surface area contributed by atoms with E-state index in [0.717, 1.165) is 32.7 Å². The number of nitrogens with one attached hydrogen (secondary N) is 1. The van der Waals surface area contributed by atoms with Crippen molar-refractivity contribution >= 4 is 0 Å². The van der Waals surface area contributed by atoms with Crippen LogP contribution in [0.4, 0.5) is 0 Å². The molecule has 1 unspecified atom stereocenters. The average Bonchev–Trinajstić information content (AvgIpc) is 2.15. The fraction of sp³-hybridized carbons (Fsp3) is 1.00. The third-order valence-electron chi connectivity index (χ3n) is 2.69. The molecule has 0 spiro atoms. The summed E-state index contributed by atoms with van der Waals surface area (Å²) < 4.78 is 5.62. The highest BCUT2D eigenvalue weighted by molar-refractivity contribution is 4.69. The smallest absolute Gasteiger partial charge is 0.0712 e. The standard InChI is InChI=1S/C10H22N2O/c1-9(2)12(3)6-4-10-8-11-5-7-13-10/h9-11H,4-8H2,1-3H3. The van der Waals surface area contributed by atoms with Crippen molar-refractivity contribution in [3.63, 3.8) is 0 Å². The zero-order chi connectivity index (χ0) is 9.68. The van der Waals surface area contributed by atoms with Gasteiger partial charge in [0.15, 0.2) is 0 Å². The summed E-state index contributed by atoms with van der Waals surface area (Å²) in [6.45, 7) is 8.47. The summed E-state index contributed by atoms with van der Waals surface area (Å²) in [6, 6.07) is 0.636. The minimum absolute atomic E-state index is 0.426. The molecular weight excluding hydrogens is 164 g/mol. The van der Waals surface area contributed by atoms with Gasteiger partial charge in [0.2, 0.25) is 0 Å². The molecule has 3 nitrogen and oxygen atoms in total. The van der Waals surface area contributed by atoms with E-state index in [2.05, 4.69) is 31.1 Å². The molecule has 0 amide bonds. The minimum atomic E-state index is 0.426. The first-order valence-corrected chi connectivity index (χ1v) is 5.22. The largest absolute Gasteiger partial charge is 0.376 e. The van der Waals surface area contributed by atoms with Crippen molar-refractivity contribution in [3.8, 4) is 0 Å². The van der Waals surface area contributed by atoms with Gasteiger partial charge in [-0.1, -0.05) is 0 Å². The molecular formula is C10H22N2O. The summed E-state index contributed by atoms with van der Waals surface area (Å²) in [5, 5.41) is 3.34. The third-order valence-corrected chi connectivity index (χ3v) is 2.69. The van der Waals surface area contributed by atoms with Gasteiger partial charge in [0.25, 0.3) is 0 Å². The molecule has 0 bridgehead atoms. The second kappa shape index (κ2) is 5.58. The molecule has 0 radical (unpaired) electrons. The Hall–Kier alpha value is -0.120. The Morgan fingerprint density at radius 2 is 2.31 bits per heavy atom. The molecule has 1 rings (SSSR count). The summed E-state index contributed by atoms with van der Waals surface area (Å²) in [5.74, 6) is 0. The Kier molecular flexibility index (Phi) is 4.70. The first-order chi connectivity index (χ1) is 6.20. The lowest BCUT2D eigenvalue weighted by molar-refractivity contribution is 0.0173. The van der Waals surface area contributed by atoms with Gasteiger partial charge in [-0.25, -0.2) is 0 Å². The van der Waals surface area contributed by atoms with Crippen molar-refractivity contribution in [1.29, 1.82) is 0 Å². The maximum Gasteiger partial charge on any atom is 0.0712 e. The van der Waals surface area contributed by atoms with Crippen LogP contribution in [-0.2, 0) is 4.74 Å². The molecule has 0 saturated carbocycles. The lowest BCUT2D eigenvalue weighted by Crippen LogP contribution is -2.40. The quantitative estimate of drug-likeness (QED) is 0.699. The summed E-state index contributed by atoms with van der Waals surface area (Å²) in [5.41, 5.74) is 0. The van der Waals surface area contributed by atoms with E-state index in [1.54, 1.807) is 0 Å². The maximum absolute atomic E-state index is 5.62. The van der Waals surface area contributed by atoms with E-state index in [9.17, 15) is 0 Å². The molecule has 1 heterocycles. The van der Waals surface area contributed by atoms with Gasteiger partial charge >= 0.3 is 0 Å². The van der Waals surface area contributed by atoms with Gasteiger partial charge in [-0.05, 0) is 27.3 Å². The van der Waals surface area contributed by atoms with Gasteiger partial charge in [-0.15, -0.1) is 0 Å². The molecule has 1 aliphatic rings. The van der Waals surface area contributed by atoms with Crippen molar-refractivity contribution < 1.29 is 4.74 Å². The normalized spacial score (nSPS) is 24.2. The van der Waals surface area contributed by atoms with Crippen LogP contribution in [0.1, 0.15) is 20.3 Å². The average molecular weight is 186 g/mol. The molecule has 3 heteroatoms. The summed E-state index contributed by atoms with van der Waals surface area (Å²) in [6.07, 6.45) is 1.57. The van der Waals surface area contributed by atoms with Gasteiger partial charge in [-0.2, -0.15) is 0 Å². The van der Waals surface area contributed by atoms with Gasteiger partial charge in [0.1, 0.15) is 0 Å². The Morgan fingerprint density at radius 3 is 2.85 bits per heavy atom. The van der Waals surface area contributed by atoms with Crippen LogP contribution in [-0.4, -0.2) is 50.3 Å². The van der Waals surface area contributed by atoms with Crippen molar-refractivity contribution in [3.05, 3.63) is 0 Å². The van der Waals surface area contributed by atoms with Crippen molar-refractivity contribution in [2.45, 2.75) is 32.4 Å². The highest BCUT2D eigenvalue weighted by Crippen LogP contribution is 2.04. The topological polar surface area (TPSA) is 24.5 Å². The van der Waals surface area contributed by atoms with Crippen LogP contribution in [0.2, 0.25) is 0 Å². The molecule has 1 aliphatic heterocycles. The minimum Gasteiger partial charge on any atom is -0.376 e. The lowest BCUT2D eigenvalue weighted by atomic mass is 10.2. The number of ether oxygens (including phenoxy) is 1. The molecule has 1 N–H and O–H groups in total. The number of nitrogens with zero attached hydrogens (tertiary/aromatic N) is 1. The SMILES string of the molecule is CC(C)N(C)CCC1CNCCO1. The predicted octanol–water partition coefficient (Wildman–Crippen LogP) is 0.705. The second-order valence-electron chi connectivity index (χ2n) is 4.06. The van der Waals surface area contributed by atoms with Crippen LogP contribution < -0.4 is 5.32 Å². The summed E-state index contributed by atoms with van der Waals surface area (Å²) >= 11 is 0. The van der Waals surface area contributed by atoms with E-state index in [1.165, 1.54) is 0 Å². The van der Waals surface area contributed by atoms with Gasteiger partial charge in [-0.3, -0.25) is 0 Å². The number of morpholine rings is 1. The number of hydrogen-bond acceptors (Lipinski definition) is 3. The van der Waals surface area contributed by atoms with Crippen LogP contribution in [0.5, 0.6) is 0 Å². The van der Waals surface area contributed by atoms with Crippen molar-refractivity contribution in [2.75, 3.05) is 33.3 Å². The van der Waals surface area contributed by atoms with Crippen LogP contribution in [0, 0.1) is 0 Å². The molecule has 0 aromatic heterocycles. The van der Waals surface area contributed by atoms with Gasteiger partial charge in [0, 0.05) is 25.7 Å². The Morgan fingerprint density at radius 1 is 1.54 bits per heavy atom. The number of hydrogen-bond donors (Lipinski definition) is 1. The van der Waals surface area contributed by atoms with Gasteiger partial charge in [0.05, 0.1) is 12.7 Å². The molecule has 1 atom stereocenters. The zero-order valence-electron chi connectivity index (χ0n) is 9.05.